The van der Waals surface area contributed by atoms with E-state index in [0.717, 1.165) is 12.0 Å². The molecule has 0 fully saturated rings. The van der Waals surface area contributed by atoms with Crippen LogP contribution in [0.2, 0.25) is 0 Å². The van der Waals surface area contributed by atoms with Gasteiger partial charge < -0.3 is 10.4 Å². The average Bonchev–Trinajstić information content (AvgIpc) is 2.26. The number of aldehydes is 1. The third-order valence-corrected chi connectivity index (χ3v) is 1.71. The van der Waals surface area contributed by atoms with Gasteiger partial charge in [0.05, 0.1) is 6.54 Å². The molecule has 0 saturated carbocycles. The normalized spacial score (nSPS) is 9.50. The molecule has 0 amide bonds. The van der Waals surface area contributed by atoms with Gasteiger partial charge in [0.1, 0.15) is 12.9 Å². The molecule has 0 bridgehead atoms. The number of aliphatic hydroxyl groups excluding tert-OH is 1. The van der Waals surface area contributed by atoms with Crippen LogP contribution in [-0.2, 0) is 4.79 Å². The first-order valence-electron chi connectivity index (χ1n) is 4.18. The van der Waals surface area contributed by atoms with Gasteiger partial charge in [-0.1, -0.05) is 0 Å². The Labute approximate surface area is 81.6 Å². The molecule has 1 aromatic carbocycles. The predicted molar refractivity (Wildman–Crippen MR) is 52.4 cm³/mol. The third-order valence-electron chi connectivity index (χ3n) is 1.71. The van der Waals surface area contributed by atoms with Gasteiger partial charge in [-0.3, -0.25) is 9.59 Å². The Bertz CT molecular complexity index is 319. The lowest BCUT2D eigenvalue weighted by Gasteiger charge is -2.03. The highest BCUT2D eigenvalue weighted by atomic mass is 16.3. The summed E-state index contributed by atoms with van der Waals surface area (Å²) in [4.78, 5) is 21.1. The van der Waals surface area contributed by atoms with Crippen LogP contribution >= 0.6 is 0 Å². The first kappa shape index (κ1) is 10.4. The topological polar surface area (TPSA) is 66.4 Å². The number of benzene rings is 1. The van der Waals surface area contributed by atoms with Crippen LogP contribution in [0.1, 0.15) is 10.4 Å². The van der Waals surface area contributed by atoms with Gasteiger partial charge in [-0.2, -0.15) is 0 Å². The summed E-state index contributed by atoms with van der Waals surface area (Å²) in [5, 5.41) is 11.3. The summed E-state index contributed by atoms with van der Waals surface area (Å²) < 4.78 is 0. The molecule has 0 heterocycles. The number of anilines is 1. The van der Waals surface area contributed by atoms with Gasteiger partial charge in [-0.25, -0.2) is 0 Å². The molecule has 0 saturated heterocycles. The van der Waals surface area contributed by atoms with E-state index in [1.54, 1.807) is 24.3 Å². The Balaban J connectivity index is 2.51. The van der Waals surface area contributed by atoms with E-state index in [0.29, 0.717) is 5.56 Å². The van der Waals surface area contributed by atoms with Crippen molar-refractivity contribution in [2.24, 2.45) is 0 Å². The molecule has 4 heteroatoms. The Kier molecular flexibility index (Phi) is 3.82. The summed E-state index contributed by atoms with van der Waals surface area (Å²) in [6, 6.07) is 6.71. The number of aliphatic hydroxyl groups is 1. The summed E-state index contributed by atoms with van der Waals surface area (Å²) >= 11 is 0. The maximum absolute atomic E-state index is 10.7. The van der Waals surface area contributed by atoms with Crippen molar-refractivity contribution < 1.29 is 14.7 Å². The second-order valence-corrected chi connectivity index (χ2v) is 2.79. The molecule has 4 nitrogen and oxygen atoms in total. The van der Waals surface area contributed by atoms with Gasteiger partial charge in [0.2, 0.25) is 0 Å². The standard InChI is InChI=1S/C10H11NO3/c12-6-8-1-3-9(4-2-8)11-5-10(14)7-13/h1-4,6,11,13H,5,7H2. The van der Waals surface area contributed by atoms with Crippen LogP contribution in [0.15, 0.2) is 24.3 Å². The molecule has 0 aliphatic heterocycles. The fourth-order valence-corrected chi connectivity index (χ4v) is 0.936. The van der Waals surface area contributed by atoms with Crippen molar-refractivity contribution in [3.8, 4) is 0 Å². The number of rotatable bonds is 5. The highest BCUT2D eigenvalue weighted by molar-refractivity contribution is 5.84. The smallest absolute Gasteiger partial charge is 0.177 e. The Morgan fingerprint density at radius 3 is 2.50 bits per heavy atom. The van der Waals surface area contributed by atoms with Crippen molar-refractivity contribution in [2.45, 2.75) is 0 Å². The number of carbonyl (C=O) groups excluding carboxylic acids is 2. The van der Waals surface area contributed by atoms with Gasteiger partial charge in [0.25, 0.3) is 0 Å². The molecule has 0 spiro atoms. The number of hydrogen-bond acceptors (Lipinski definition) is 4. The van der Waals surface area contributed by atoms with E-state index in [1.165, 1.54) is 0 Å². The Morgan fingerprint density at radius 1 is 1.36 bits per heavy atom. The summed E-state index contributed by atoms with van der Waals surface area (Å²) in [6.07, 6.45) is 0.753. The van der Waals surface area contributed by atoms with Crippen molar-refractivity contribution in [1.82, 2.24) is 0 Å². The van der Waals surface area contributed by atoms with Crippen LogP contribution in [-0.4, -0.2) is 30.3 Å². The first-order valence-corrected chi connectivity index (χ1v) is 4.18. The zero-order chi connectivity index (χ0) is 10.4. The van der Waals surface area contributed by atoms with Crippen molar-refractivity contribution in [3.63, 3.8) is 0 Å². The first-order chi connectivity index (χ1) is 6.76. The maximum atomic E-state index is 10.7. The van der Waals surface area contributed by atoms with Gasteiger partial charge in [-0.05, 0) is 24.3 Å². The van der Waals surface area contributed by atoms with Crippen LogP contribution in [0, 0.1) is 0 Å². The largest absolute Gasteiger partial charge is 0.389 e. The number of ketones is 1. The molecule has 14 heavy (non-hydrogen) atoms. The third kappa shape index (κ3) is 2.99. The van der Waals surface area contributed by atoms with Gasteiger partial charge in [0, 0.05) is 11.3 Å². The van der Waals surface area contributed by atoms with Crippen molar-refractivity contribution >= 4 is 17.8 Å². The van der Waals surface area contributed by atoms with E-state index in [-0.39, 0.29) is 12.3 Å². The van der Waals surface area contributed by atoms with E-state index >= 15 is 0 Å². The molecule has 0 aliphatic carbocycles. The predicted octanol–water partition coefficient (Wildman–Crippen LogP) is 0.472. The Hall–Kier alpha value is -1.68. The molecule has 0 atom stereocenters. The fourth-order valence-electron chi connectivity index (χ4n) is 0.936. The van der Waals surface area contributed by atoms with Crippen LogP contribution in [0.5, 0.6) is 0 Å². The van der Waals surface area contributed by atoms with Crippen LogP contribution in [0.4, 0.5) is 5.69 Å². The van der Waals surface area contributed by atoms with Crippen LogP contribution in [0.25, 0.3) is 0 Å². The number of hydrogen-bond donors (Lipinski definition) is 2. The Morgan fingerprint density at radius 2 is 2.00 bits per heavy atom. The van der Waals surface area contributed by atoms with Gasteiger partial charge in [-0.15, -0.1) is 0 Å². The van der Waals surface area contributed by atoms with Gasteiger partial charge >= 0.3 is 0 Å². The molecule has 2 N–H and O–H groups in total. The molecular formula is C10H11NO3. The minimum atomic E-state index is -0.459. The van der Waals surface area contributed by atoms with Crippen LogP contribution in [0.3, 0.4) is 0 Å². The molecule has 0 unspecified atom stereocenters. The highest BCUT2D eigenvalue weighted by Gasteiger charge is 1.98. The van der Waals surface area contributed by atoms with E-state index in [9.17, 15) is 9.59 Å². The second-order valence-electron chi connectivity index (χ2n) is 2.79. The lowest BCUT2D eigenvalue weighted by Crippen LogP contribution is -2.16. The van der Waals surface area contributed by atoms with Crippen LogP contribution < -0.4 is 5.32 Å². The minimum Gasteiger partial charge on any atom is -0.389 e. The van der Waals surface area contributed by atoms with Crippen molar-refractivity contribution in [2.75, 3.05) is 18.5 Å². The maximum Gasteiger partial charge on any atom is 0.177 e. The summed E-state index contributed by atoms with van der Waals surface area (Å²) in [7, 11) is 0. The van der Waals surface area contributed by atoms with E-state index < -0.39 is 6.61 Å². The summed E-state index contributed by atoms with van der Waals surface area (Å²) in [5.41, 5.74) is 1.33. The number of carbonyl (C=O) groups is 2. The number of Topliss-reactive ketones (excluding diaryl/α,β-unsaturated/α-hetero) is 1. The fraction of sp³-hybridized carbons (Fsp3) is 0.200. The summed E-state index contributed by atoms with van der Waals surface area (Å²) in [6.45, 7) is -0.365. The van der Waals surface area contributed by atoms with E-state index in [2.05, 4.69) is 5.32 Å². The molecule has 0 radical (unpaired) electrons. The monoisotopic (exact) mass is 193 g/mol. The molecule has 74 valence electrons. The van der Waals surface area contributed by atoms with E-state index in [4.69, 9.17) is 5.11 Å². The quantitative estimate of drug-likeness (QED) is 0.667. The SMILES string of the molecule is O=Cc1ccc(NCC(=O)CO)cc1. The molecule has 1 aromatic rings. The zero-order valence-corrected chi connectivity index (χ0v) is 7.56. The molecular weight excluding hydrogens is 182 g/mol. The van der Waals surface area contributed by atoms with Gasteiger partial charge in [0.15, 0.2) is 5.78 Å². The zero-order valence-electron chi connectivity index (χ0n) is 7.56. The highest BCUT2D eigenvalue weighted by Crippen LogP contribution is 2.07. The second kappa shape index (κ2) is 5.14. The van der Waals surface area contributed by atoms with E-state index in [1.807, 2.05) is 0 Å². The lowest BCUT2D eigenvalue weighted by atomic mass is 10.2. The molecule has 1 rings (SSSR count). The molecule has 0 aliphatic rings. The van der Waals surface area contributed by atoms with Crippen molar-refractivity contribution in [3.05, 3.63) is 29.8 Å². The minimum absolute atomic E-state index is 0.0942. The number of nitrogens with one attached hydrogen (secondary N) is 1. The molecule has 0 aromatic heterocycles. The summed E-state index contributed by atoms with van der Waals surface area (Å²) in [5.74, 6) is -0.274. The lowest BCUT2D eigenvalue weighted by molar-refractivity contribution is -0.120. The van der Waals surface area contributed by atoms with Crippen molar-refractivity contribution in [1.29, 1.82) is 0 Å². The average molecular weight is 193 g/mol.